The van der Waals surface area contributed by atoms with Crippen LogP contribution in [0, 0.1) is 11.3 Å². The second-order valence-electron chi connectivity index (χ2n) is 6.65. The van der Waals surface area contributed by atoms with Crippen molar-refractivity contribution in [3.05, 3.63) is 36.3 Å². The van der Waals surface area contributed by atoms with Crippen LogP contribution in [0.25, 0.3) is 11.3 Å². The van der Waals surface area contributed by atoms with E-state index in [0.29, 0.717) is 23.1 Å². The fourth-order valence-electron chi connectivity index (χ4n) is 3.36. The number of nitrogens with one attached hydrogen (secondary N) is 3. The highest BCUT2D eigenvalue weighted by Gasteiger charge is 2.20. The molecule has 11 heteroatoms. The third kappa shape index (κ3) is 4.79. The molecule has 0 amide bonds. The van der Waals surface area contributed by atoms with Gasteiger partial charge in [0, 0.05) is 50.1 Å². The lowest BCUT2D eigenvalue weighted by molar-refractivity contribution is 0.397. The molecular formula is C20H23ClN8O2. The summed E-state index contributed by atoms with van der Waals surface area (Å²) >= 11 is 0. The van der Waals surface area contributed by atoms with Gasteiger partial charge >= 0.3 is 0 Å². The number of benzene rings is 1. The van der Waals surface area contributed by atoms with Gasteiger partial charge in [-0.2, -0.15) is 10.4 Å². The molecule has 1 aliphatic rings. The number of aromatic amines is 1. The molecule has 0 saturated carbocycles. The number of ether oxygens (including phenoxy) is 2. The van der Waals surface area contributed by atoms with E-state index >= 15 is 0 Å². The van der Waals surface area contributed by atoms with Gasteiger partial charge in [0.25, 0.3) is 0 Å². The van der Waals surface area contributed by atoms with E-state index in [0.717, 1.165) is 43.1 Å². The summed E-state index contributed by atoms with van der Waals surface area (Å²) < 4.78 is 11.4. The molecule has 0 spiro atoms. The summed E-state index contributed by atoms with van der Waals surface area (Å²) in [4.78, 5) is 10.4. The first-order chi connectivity index (χ1) is 14.7. The SMILES string of the molecule is COc1cc(N2CCNCC2)cc(OC)c1-c1cc(Nc2cnc(C#N)cn2)n[nH]1.Cl. The Hall–Kier alpha value is -3.55. The van der Waals surface area contributed by atoms with Crippen LogP contribution < -0.4 is 25.0 Å². The Kier molecular flexibility index (Phi) is 7.12. The molecule has 0 aliphatic carbocycles. The summed E-state index contributed by atoms with van der Waals surface area (Å²) in [6.45, 7) is 3.74. The number of anilines is 3. The number of halogens is 1. The third-order valence-electron chi connectivity index (χ3n) is 4.84. The van der Waals surface area contributed by atoms with Gasteiger partial charge in [0.2, 0.25) is 0 Å². The van der Waals surface area contributed by atoms with E-state index in [2.05, 4.69) is 35.7 Å². The highest BCUT2D eigenvalue weighted by Crippen LogP contribution is 2.42. The molecule has 4 rings (SSSR count). The normalized spacial score (nSPS) is 13.1. The van der Waals surface area contributed by atoms with Crippen molar-refractivity contribution in [1.29, 1.82) is 5.26 Å². The van der Waals surface area contributed by atoms with Crippen LogP contribution in [0.3, 0.4) is 0 Å². The van der Waals surface area contributed by atoms with Crippen LogP contribution in [0.2, 0.25) is 0 Å². The first-order valence-corrected chi connectivity index (χ1v) is 9.48. The highest BCUT2D eigenvalue weighted by atomic mass is 35.5. The van der Waals surface area contributed by atoms with Crippen molar-refractivity contribution >= 4 is 29.7 Å². The standard InChI is InChI=1S/C20H22N8O2.ClH/c1-29-16-7-14(28-5-3-22-4-6-28)8-17(30-2)20(16)15-9-18(27-26-15)25-19-12-23-13(10-21)11-24-19;/h7-9,11-12,22H,3-6H2,1-2H3,(H2,24,25,26,27);1H. The molecule has 0 unspecified atom stereocenters. The van der Waals surface area contributed by atoms with Crippen molar-refractivity contribution in [2.75, 3.05) is 50.6 Å². The van der Waals surface area contributed by atoms with Crippen LogP contribution in [-0.4, -0.2) is 60.6 Å². The summed E-state index contributed by atoms with van der Waals surface area (Å²) in [6.07, 6.45) is 2.88. The molecule has 10 nitrogen and oxygen atoms in total. The highest BCUT2D eigenvalue weighted by molar-refractivity contribution is 5.85. The number of methoxy groups -OCH3 is 2. The van der Waals surface area contributed by atoms with E-state index in [4.69, 9.17) is 14.7 Å². The molecule has 1 saturated heterocycles. The lowest BCUT2D eigenvalue weighted by Gasteiger charge is -2.30. The number of hydrogen-bond donors (Lipinski definition) is 3. The smallest absolute Gasteiger partial charge is 0.158 e. The van der Waals surface area contributed by atoms with Crippen LogP contribution in [0.15, 0.2) is 30.6 Å². The maximum atomic E-state index is 8.83. The van der Waals surface area contributed by atoms with E-state index in [9.17, 15) is 0 Å². The average Bonchev–Trinajstić information content (AvgIpc) is 3.27. The minimum atomic E-state index is 0. The minimum Gasteiger partial charge on any atom is -0.496 e. The second kappa shape index (κ2) is 9.97. The molecule has 0 bridgehead atoms. The Morgan fingerprint density at radius 2 is 1.74 bits per heavy atom. The predicted octanol–water partition coefficient (Wildman–Crippen LogP) is 2.33. The van der Waals surface area contributed by atoms with Crippen molar-refractivity contribution in [3.63, 3.8) is 0 Å². The van der Waals surface area contributed by atoms with Crippen molar-refractivity contribution in [2.24, 2.45) is 0 Å². The molecule has 2 aromatic heterocycles. The zero-order valence-electron chi connectivity index (χ0n) is 17.2. The van der Waals surface area contributed by atoms with Crippen LogP contribution in [0.4, 0.5) is 17.3 Å². The lowest BCUT2D eigenvalue weighted by atomic mass is 10.1. The van der Waals surface area contributed by atoms with Crippen molar-refractivity contribution in [3.8, 4) is 28.8 Å². The maximum Gasteiger partial charge on any atom is 0.158 e. The number of aromatic nitrogens is 4. The van der Waals surface area contributed by atoms with Gasteiger partial charge in [-0.1, -0.05) is 0 Å². The Morgan fingerprint density at radius 3 is 2.32 bits per heavy atom. The van der Waals surface area contributed by atoms with Gasteiger partial charge in [-0.3, -0.25) is 5.10 Å². The van der Waals surface area contributed by atoms with Crippen molar-refractivity contribution in [1.82, 2.24) is 25.5 Å². The van der Waals surface area contributed by atoms with Crippen LogP contribution >= 0.6 is 12.4 Å². The molecular weight excluding hydrogens is 420 g/mol. The molecule has 162 valence electrons. The van der Waals surface area contributed by atoms with E-state index < -0.39 is 0 Å². The first kappa shape index (κ1) is 22.1. The Balaban J connectivity index is 0.00000272. The molecule has 3 heterocycles. The summed E-state index contributed by atoms with van der Waals surface area (Å²) in [5.41, 5.74) is 2.83. The second-order valence-corrected chi connectivity index (χ2v) is 6.65. The van der Waals surface area contributed by atoms with Crippen LogP contribution in [-0.2, 0) is 0 Å². The quantitative estimate of drug-likeness (QED) is 0.527. The molecule has 3 N–H and O–H groups in total. The summed E-state index contributed by atoms with van der Waals surface area (Å²) in [6, 6.07) is 7.81. The van der Waals surface area contributed by atoms with Crippen LogP contribution in [0.1, 0.15) is 5.69 Å². The van der Waals surface area contributed by atoms with E-state index in [1.165, 1.54) is 12.4 Å². The number of hydrogen-bond acceptors (Lipinski definition) is 9. The van der Waals surface area contributed by atoms with Gasteiger partial charge in [0.1, 0.15) is 23.4 Å². The summed E-state index contributed by atoms with van der Waals surface area (Å²) in [5.74, 6) is 2.42. The monoisotopic (exact) mass is 442 g/mol. The molecule has 0 radical (unpaired) electrons. The van der Waals surface area contributed by atoms with Gasteiger partial charge in [0.05, 0.1) is 37.9 Å². The Labute approximate surface area is 186 Å². The minimum absolute atomic E-state index is 0. The van der Waals surface area contributed by atoms with E-state index in [1.807, 2.05) is 24.3 Å². The molecule has 0 atom stereocenters. The Bertz CT molecular complexity index is 1030. The van der Waals surface area contributed by atoms with Crippen molar-refractivity contribution in [2.45, 2.75) is 0 Å². The Morgan fingerprint density at radius 1 is 1.03 bits per heavy atom. The molecule has 1 aromatic carbocycles. The number of H-pyrrole nitrogens is 1. The zero-order valence-corrected chi connectivity index (χ0v) is 18.0. The van der Waals surface area contributed by atoms with Gasteiger partial charge in [-0.05, 0) is 0 Å². The number of rotatable bonds is 6. The maximum absolute atomic E-state index is 8.83. The largest absolute Gasteiger partial charge is 0.496 e. The first-order valence-electron chi connectivity index (χ1n) is 9.48. The molecule has 1 aliphatic heterocycles. The molecule has 31 heavy (non-hydrogen) atoms. The predicted molar refractivity (Wildman–Crippen MR) is 119 cm³/mol. The number of nitriles is 1. The van der Waals surface area contributed by atoms with Crippen molar-refractivity contribution < 1.29 is 9.47 Å². The van der Waals surface area contributed by atoms with Gasteiger partial charge < -0.3 is 25.0 Å². The lowest BCUT2D eigenvalue weighted by Crippen LogP contribution is -2.43. The molecule has 3 aromatic rings. The number of piperazine rings is 1. The topological polar surface area (TPSA) is 124 Å². The van der Waals surface area contributed by atoms with Gasteiger partial charge in [-0.15, -0.1) is 12.4 Å². The van der Waals surface area contributed by atoms with Gasteiger partial charge in [-0.25, -0.2) is 9.97 Å². The zero-order chi connectivity index (χ0) is 20.9. The average molecular weight is 443 g/mol. The summed E-state index contributed by atoms with van der Waals surface area (Å²) in [7, 11) is 3.28. The van der Waals surface area contributed by atoms with E-state index in [1.54, 1.807) is 14.2 Å². The fraction of sp³-hybridized carbons (Fsp3) is 0.300. The van der Waals surface area contributed by atoms with Crippen LogP contribution in [0.5, 0.6) is 11.5 Å². The number of nitrogens with zero attached hydrogens (tertiary/aromatic N) is 5. The molecule has 1 fully saturated rings. The summed E-state index contributed by atoms with van der Waals surface area (Å²) in [5, 5.41) is 22.6. The fourth-order valence-corrected chi connectivity index (χ4v) is 3.36. The van der Waals surface area contributed by atoms with Gasteiger partial charge in [0.15, 0.2) is 11.5 Å². The third-order valence-corrected chi connectivity index (χ3v) is 4.84. The van der Waals surface area contributed by atoms with E-state index in [-0.39, 0.29) is 18.1 Å².